The van der Waals surface area contributed by atoms with Gasteiger partial charge < -0.3 is 4.57 Å². The highest BCUT2D eigenvalue weighted by Crippen LogP contribution is 2.27. The molecule has 0 radical (unpaired) electrons. The van der Waals surface area contributed by atoms with Crippen molar-refractivity contribution in [1.29, 1.82) is 0 Å². The molecule has 0 amide bonds. The van der Waals surface area contributed by atoms with Crippen LogP contribution < -0.4 is 5.56 Å². The molecule has 0 fully saturated rings. The van der Waals surface area contributed by atoms with Gasteiger partial charge in [0.2, 0.25) is 0 Å². The first-order valence-corrected chi connectivity index (χ1v) is 9.66. The molecule has 27 heavy (non-hydrogen) atoms. The average molecular weight is 379 g/mol. The number of para-hydroxylation sites is 1. The number of benzene rings is 1. The zero-order valence-corrected chi connectivity index (χ0v) is 16.6. The maximum absolute atomic E-state index is 13.3. The normalized spacial score (nSPS) is 12.4. The molecule has 4 rings (SSSR count). The predicted molar refractivity (Wildman–Crippen MR) is 108 cm³/mol. The Labute approximate surface area is 161 Å². The minimum atomic E-state index is -0.0738. The molecule has 3 heterocycles. The van der Waals surface area contributed by atoms with Crippen LogP contribution in [0, 0.1) is 13.8 Å². The van der Waals surface area contributed by atoms with Gasteiger partial charge >= 0.3 is 0 Å². The van der Waals surface area contributed by atoms with Gasteiger partial charge in [-0.05, 0) is 32.9 Å². The van der Waals surface area contributed by atoms with E-state index >= 15 is 0 Å². The Morgan fingerprint density at radius 3 is 2.56 bits per heavy atom. The molecule has 0 unspecified atom stereocenters. The fraction of sp³-hybridized carbons (Fsp3) is 0.250. The Balaban J connectivity index is 1.87. The van der Waals surface area contributed by atoms with Gasteiger partial charge in [-0.15, -0.1) is 11.3 Å². The van der Waals surface area contributed by atoms with E-state index < -0.39 is 0 Å². The number of aromatic nitrogens is 5. The standard InChI is InChI=1S/C20H21N5OS/c1-13(17-12-27-15(3)22-17)24-11-10-21-19(24)18-14(2)23(4)25(20(18)26)16-8-6-5-7-9-16/h5-13H,1-4H3/t13-/m1/s1. The Morgan fingerprint density at radius 2 is 1.89 bits per heavy atom. The van der Waals surface area contributed by atoms with Crippen molar-refractivity contribution in [3.05, 3.63) is 74.9 Å². The van der Waals surface area contributed by atoms with Crippen molar-refractivity contribution >= 4 is 11.3 Å². The lowest BCUT2D eigenvalue weighted by Crippen LogP contribution is -2.20. The SMILES string of the molecule is Cc1nc([C@@H](C)n2ccnc2-c2c(C)n(C)n(-c3ccccc3)c2=O)cs1. The zero-order valence-electron chi connectivity index (χ0n) is 15.7. The van der Waals surface area contributed by atoms with Gasteiger partial charge in [0.25, 0.3) is 5.56 Å². The molecule has 0 aliphatic heterocycles. The van der Waals surface area contributed by atoms with Gasteiger partial charge in [-0.2, -0.15) is 0 Å². The van der Waals surface area contributed by atoms with Gasteiger partial charge in [0.05, 0.1) is 22.4 Å². The van der Waals surface area contributed by atoms with Gasteiger partial charge in [-0.25, -0.2) is 14.6 Å². The van der Waals surface area contributed by atoms with Crippen LogP contribution in [0.5, 0.6) is 0 Å². The van der Waals surface area contributed by atoms with Crippen LogP contribution in [0.15, 0.2) is 52.9 Å². The molecule has 1 atom stereocenters. The molecular formula is C20H21N5OS. The highest BCUT2D eigenvalue weighted by Gasteiger charge is 2.23. The second-order valence-corrected chi connectivity index (χ2v) is 7.62. The van der Waals surface area contributed by atoms with Crippen LogP contribution >= 0.6 is 11.3 Å². The van der Waals surface area contributed by atoms with E-state index in [2.05, 4.69) is 22.3 Å². The molecule has 138 valence electrons. The van der Waals surface area contributed by atoms with Crippen LogP contribution in [-0.2, 0) is 7.05 Å². The molecule has 3 aromatic heterocycles. The third-order valence-electron chi connectivity index (χ3n) is 4.93. The number of hydrogen-bond acceptors (Lipinski definition) is 4. The summed E-state index contributed by atoms with van der Waals surface area (Å²) in [6.45, 7) is 6.02. The van der Waals surface area contributed by atoms with Gasteiger partial charge in [0.1, 0.15) is 11.4 Å². The summed E-state index contributed by atoms with van der Waals surface area (Å²) in [5.41, 5.74) is 3.23. The Kier molecular flexibility index (Phi) is 4.31. The Morgan fingerprint density at radius 1 is 1.15 bits per heavy atom. The molecule has 0 aliphatic carbocycles. The number of thiazole rings is 1. The van der Waals surface area contributed by atoms with Crippen molar-refractivity contribution in [2.24, 2.45) is 7.05 Å². The van der Waals surface area contributed by atoms with Crippen LogP contribution in [0.4, 0.5) is 0 Å². The molecule has 0 N–H and O–H groups in total. The summed E-state index contributed by atoms with van der Waals surface area (Å²) >= 11 is 1.63. The number of imidazole rings is 1. The molecule has 0 aliphatic rings. The summed E-state index contributed by atoms with van der Waals surface area (Å²) < 4.78 is 5.58. The lowest BCUT2D eigenvalue weighted by Gasteiger charge is -2.14. The van der Waals surface area contributed by atoms with Gasteiger partial charge in [-0.3, -0.25) is 9.48 Å². The predicted octanol–water partition coefficient (Wildman–Crippen LogP) is 3.72. The first kappa shape index (κ1) is 17.5. The number of hydrogen-bond donors (Lipinski definition) is 0. The van der Waals surface area contributed by atoms with Gasteiger partial charge in [0, 0.05) is 30.5 Å². The van der Waals surface area contributed by atoms with Crippen molar-refractivity contribution in [1.82, 2.24) is 23.9 Å². The smallest absolute Gasteiger partial charge is 0.282 e. The summed E-state index contributed by atoms with van der Waals surface area (Å²) in [4.78, 5) is 22.4. The highest BCUT2D eigenvalue weighted by molar-refractivity contribution is 7.09. The molecule has 4 aromatic rings. The summed E-state index contributed by atoms with van der Waals surface area (Å²) in [5, 5.41) is 3.09. The van der Waals surface area contributed by atoms with E-state index in [1.54, 1.807) is 22.2 Å². The number of nitrogens with zero attached hydrogens (tertiary/aromatic N) is 5. The lowest BCUT2D eigenvalue weighted by atomic mass is 10.2. The summed E-state index contributed by atoms with van der Waals surface area (Å²) in [6.07, 6.45) is 3.65. The van der Waals surface area contributed by atoms with Crippen LogP contribution in [0.2, 0.25) is 0 Å². The fourth-order valence-electron chi connectivity index (χ4n) is 3.36. The third-order valence-corrected chi connectivity index (χ3v) is 5.72. The first-order valence-electron chi connectivity index (χ1n) is 8.78. The van der Waals surface area contributed by atoms with Crippen LogP contribution in [0.25, 0.3) is 17.1 Å². The quantitative estimate of drug-likeness (QED) is 0.543. The minimum absolute atomic E-state index is 0.00312. The van der Waals surface area contributed by atoms with Crippen molar-refractivity contribution in [3.63, 3.8) is 0 Å². The minimum Gasteiger partial charge on any atom is -0.322 e. The fourth-order valence-corrected chi connectivity index (χ4v) is 4.06. The molecule has 1 aromatic carbocycles. The zero-order chi connectivity index (χ0) is 19.1. The van der Waals surface area contributed by atoms with E-state index in [0.29, 0.717) is 11.4 Å². The van der Waals surface area contributed by atoms with Crippen molar-refractivity contribution in [2.45, 2.75) is 26.8 Å². The molecule has 7 heteroatoms. The maximum atomic E-state index is 13.3. The largest absolute Gasteiger partial charge is 0.322 e. The summed E-state index contributed by atoms with van der Waals surface area (Å²) in [5.74, 6) is 0.668. The van der Waals surface area contributed by atoms with E-state index in [1.807, 2.05) is 66.7 Å². The van der Waals surface area contributed by atoms with Crippen LogP contribution in [0.1, 0.15) is 29.4 Å². The van der Waals surface area contributed by atoms with Gasteiger partial charge in [-0.1, -0.05) is 18.2 Å². The van der Waals surface area contributed by atoms with E-state index in [9.17, 15) is 4.79 Å². The van der Waals surface area contributed by atoms with Crippen molar-refractivity contribution in [2.75, 3.05) is 0 Å². The Bertz CT molecular complexity index is 1150. The molecule has 0 bridgehead atoms. The van der Waals surface area contributed by atoms with Crippen LogP contribution in [-0.4, -0.2) is 23.9 Å². The first-order chi connectivity index (χ1) is 13.0. The molecule has 6 nitrogen and oxygen atoms in total. The number of aryl methyl sites for hydroxylation is 1. The molecule has 0 saturated carbocycles. The van der Waals surface area contributed by atoms with E-state index in [0.717, 1.165) is 22.1 Å². The maximum Gasteiger partial charge on any atom is 0.282 e. The second kappa shape index (κ2) is 6.66. The third kappa shape index (κ3) is 2.84. The molecular weight excluding hydrogens is 358 g/mol. The molecule has 0 saturated heterocycles. The van der Waals surface area contributed by atoms with Crippen LogP contribution in [0.3, 0.4) is 0 Å². The van der Waals surface area contributed by atoms with Crippen molar-refractivity contribution in [3.8, 4) is 17.1 Å². The second-order valence-electron chi connectivity index (χ2n) is 6.56. The van der Waals surface area contributed by atoms with E-state index in [4.69, 9.17) is 0 Å². The lowest BCUT2D eigenvalue weighted by molar-refractivity contribution is 0.628. The van der Waals surface area contributed by atoms with Gasteiger partial charge in [0.15, 0.2) is 0 Å². The molecule has 0 spiro atoms. The van der Waals surface area contributed by atoms with Crippen molar-refractivity contribution < 1.29 is 0 Å². The summed E-state index contributed by atoms with van der Waals surface area (Å²) in [6, 6.07) is 9.65. The van der Waals surface area contributed by atoms with E-state index in [-0.39, 0.29) is 11.6 Å². The number of rotatable bonds is 4. The summed E-state index contributed by atoms with van der Waals surface area (Å²) in [7, 11) is 1.90. The van der Waals surface area contributed by atoms with E-state index in [1.165, 1.54) is 0 Å². The average Bonchev–Trinajstić information content (AvgIpc) is 3.35. The highest BCUT2D eigenvalue weighted by atomic mass is 32.1. The monoisotopic (exact) mass is 379 g/mol. The topological polar surface area (TPSA) is 57.6 Å². The Hall–Kier alpha value is -2.93.